The first-order valence-electron chi connectivity index (χ1n) is 12.7. The first kappa shape index (κ1) is 24.9. The van der Waals surface area contributed by atoms with Crippen LogP contribution in [0, 0.1) is 11.8 Å². The lowest BCUT2D eigenvalue weighted by molar-refractivity contribution is -0.156. The molecule has 3 heterocycles. The summed E-state index contributed by atoms with van der Waals surface area (Å²) in [6.45, 7) is 9.56. The standard InChI is InChI=1S/C26H38N2O6/c1-4-6-15-33-25(32)20-19-12-13-26(34-19)21(20)23(30)28(17(3)16-29)22(26)24(31)27(14-5-2)18-10-8-7-9-11-18/h4-5,17-22,29H,1-2,6-16H2,3H3/t17-,19+,20-,21+,22?,26?/m1/s1. The molecule has 6 atom stereocenters. The Hall–Kier alpha value is -2.19. The summed E-state index contributed by atoms with van der Waals surface area (Å²) in [6.07, 6.45) is 9.76. The second kappa shape index (κ2) is 10.2. The van der Waals surface area contributed by atoms with Gasteiger partial charge in [-0.2, -0.15) is 0 Å². The average Bonchev–Trinajstić information content (AvgIpc) is 3.49. The fourth-order valence-corrected chi connectivity index (χ4v) is 6.65. The lowest BCUT2D eigenvalue weighted by atomic mass is 9.70. The van der Waals surface area contributed by atoms with Crippen LogP contribution >= 0.6 is 0 Å². The molecule has 3 aliphatic heterocycles. The predicted octanol–water partition coefficient (Wildman–Crippen LogP) is 2.21. The molecule has 2 unspecified atom stereocenters. The summed E-state index contributed by atoms with van der Waals surface area (Å²) >= 11 is 0. The molecular weight excluding hydrogens is 436 g/mol. The minimum atomic E-state index is -1.07. The Morgan fingerprint density at radius 1 is 1.26 bits per heavy atom. The van der Waals surface area contributed by atoms with Crippen LogP contribution in [0.15, 0.2) is 25.3 Å². The van der Waals surface area contributed by atoms with E-state index >= 15 is 0 Å². The normalized spacial score (nSPS) is 33.5. The zero-order valence-electron chi connectivity index (χ0n) is 20.2. The molecule has 4 fully saturated rings. The maximum absolute atomic E-state index is 14.2. The van der Waals surface area contributed by atoms with Crippen LogP contribution in [0.25, 0.3) is 0 Å². The van der Waals surface area contributed by atoms with Gasteiger partial charge in [-0.3, -0.25) is 14.4 Å². The smallest absolute Gasteiger partial charge is 0.312 e. The number of carbonyl (C=O) groups is 3. The van der Waals surface area contributed by atoms with Crippen molar-refractivity contribution in [1.29, 1.82) is 0 Å². The predicted molar refractivity (Wildman–Crippen MR) is 126 cm³/mol. The number of aliphatic hydroxyl groups excluding tert-OH is 1. The zero-order valence-corrected chi connectivity index (χ0v) is 20.2. The highest BCUT2D eigenvalue weighted by atomic mass is 16.6. The molecule has 1 N–H and O–H groups in total. The third-order valence-corrected chi connectivity index (χ3v) is 8.17. The van der Waals surface area contributed by atoms with Gasteiger partial charge in [-0.1, -0.05) is 31.4 Å². The summed E-state index contributed by atoms with van der Waals surface area (Å²) in [4.78, 5) is 44.4. The molecule has 8 nitrogen and oxygen atoms in total. The molecule has 1 spiro atoms. The van der Waals surface area contributed by atoms with E-state index in [1.165, 1.54) is 4.90 Å². The van der Waals surface area contributed by atoms with Gasteiger partial charge < -0.3 is 24.4 Å². The number of carbonyl (C=O) groups excluding carboxylic acids is 3. The van der Waals surface area contributed by atoms with E-state index in [2.05, 4.69) is 13.2 Å². The van der Waals surface area contributed by atoms with Gasteiger partial charge in [0.05, 0.1) is 37.2 Å². The molecule has 4 rings (SSSR count). The second-order valence-corrected chi connectivity index (χ2v) is 10.1. The molecule has 8 heteroatoms. The minimum absolute atomic E-state index is 0.0920. The molecule has 1 saturated carbocycles. The van der Waals surface area contributed by atoms with Gasteiger partial charge in [-0.25, -0.2) is 0 Å². The molecule has 0 aromatic carbocycles. The van der Waals surface area contributed by atoms with Crippen LogP contribution in [0.1, 0.15) is 58.3 Å². The van der Waals surface area contributed by atoms with Gasteiger partial charge in [0.1, 0.15) is 11.6 Å². The Labute approximate surface area is 201 Å². The Morgan fingerprint density at radius 2 is 2.00 bits per heavy atom. The highest BCUT2D eigenvalue weighted by molar-refractivity contribution is 5.98. The first-order chi connectivity index (χ1) is 16.4. The Kier molecular flexibility index (Phi) is 7.48. The lowest BCUT2D eigenvalue weighted by Crippen LogP contribution is -2.60. The molecule has 2 amide bonds. The molecule has 3 saturated heterocycles. The van der Waals surface area contributed by atoms with E-state index < -0.39 is 41.6 Å². The number of aliphatic hydroxyl groups is 1. The van der Waals surface area contributed by atoms with Crippen molar-refractivity contribution in [2.75, 3.05) is 19.8 Å². The van der Waals surface area contributed by atoms with Gasteiger partial charge in [0.15, 0.2) is 0 Å². The van der Waals surface area contributed by atoms with Crippen molar-refractivity contribution in [2.24, 2.45) is 11.8 Å². The van der Waals surface area contributed by atoms with Crippen LogP contribution in [0.5, 0.6) is 0 Å². The number of fused-ring (bicyclic) bond motifs is 1. The van der Waals surface area contributed by atoms with Gasteiger partial charge in [0.2, 0.25) is 11.8 Å². The number of ether oxygens (including phenoxy) is 2. The van der Waals surface area contributed by atoms with Crippen molar-refractivity contribution in [1.82, 2.24) is 9.80 Å². The van der Waals surface area contributed by atoms with Gasteiger partial charge in [0, 0.05) is 12.6 Å². The van der Waals surface area contributed by atoms with Crippen molar-refractivity contribution in [3.8, 4) is 0 Å². The molecule has 0 aromatic rings. The van der Waals surface area contributed by atoms with E-state index in [1.54, 1.807) is 19.1 Å². The molecule has 4 aliphatic rings. The third-order valence-electron chi connectivity index (χ3n) is 8.17. The molecule has 188 valence electrons. The Morgan fingerprint density at radius 3 is 2.65 bits per heavy atom. The molecule has 34 heavy (non-hydrogen) atoms. The molecular formula is C26H38N2O6. The van der Waals surface area contributed by atoms with Crippen LogP contribution in [0.3, 0.4) is 0 Å². The van der Waals surface area contributed by atoms with Crippen LogP contribution in [-0.2, 0) is 23.9 Å². The fraction of sp³-hybridized carbons (Fsp3) is 0.731. The summed E-state index contributed by atoms with van der Waals surface area (Å²) in [7, 11) is 0. The van der Waals surface area contributed by atoms with Crippen LogP contribution in [-0.4, -0.2) is 82.3 Å². The Balaban J connectivity index is 1.69. The molecule has 0 aromatic heterocycles. The zero-order chi connectivity index (χ0) is 24.5. The topological polar surface area (TPSA) is 96.4 Å². The fourth-order valence-electron chi connectivity index (χ4n) is 6.65. The number of amides is 2. The number of nitrogens with zero attached hydrogens (tertiary/aromatic N) is 2. The van der Waals surface area contributed by atoms with Gasteiger partial charge >= 0.3 is 5.97 Å². The summed E-state index contributed by atoms with van der Waals surface area (Å²) in [5, 5.41) is 9.98. The SMILES string of the molecule is C=CCCOC(=O)[C@@H]1[C@@H]2CCC3(O2)C(C(=O)N(CC=C)C2CCCCC2)N([C@H](C)CO)C(=O)[C@H]13. The molecule has 2 bridgehead atoms. The van der Waals surface area contributed by atoms with E-state index in [4.69, 9.17) is 9.47 Å². The van der Waals surface area contributed by atoms with Crippen molar-refractivity contribution in [3.63, 3.8) is 0 Å². The Bertz CT molecular complexity index is 824. The van der Waals surface area contributed by atoms with Crippen molar-refractivity contribution in [3.05, 3.63) is 25.3 Å². The number of hydrogen-bond donors (Lipinski definition) is 1. The van der Waals surface area contributed by atoms with E-state index in [0.29, 0.717) is 25.8 Å². The van der Waals surface area contributed by atoms with E-state index in [9.17, 15) is 19.5 Å². The highest BCUT2D eigenvalue weighted by Crippen LogP contribution is 2.59. The minimum Gasteiger partial charge on any atom is -0.465 e. The van der Waals surface area contributed by atoms with Crippen LogP contribution < -0.4 is 0 Å². The van der Waals surface area contributed by atoms with Gasteiger partial charge in [0.25, 0.3) is 0 Å². The number of likely N-dealkylation sites (tertiary alicyclic amines) is 1. The first-order valence-corrected chi connectivity index (χ1v) is 12.7. The van der Waals surface area contributed by atoms with Crippen molar-refractivity contribution >= 4 is 17.8 Å². The molecule has 0 radical (unpaired) electrons. The largest absolute Gasteiger partial charge is 0.465 e. The average molecular weight is 475 g/mol. The van der Waals surface area contributed by atoms with Crippen LogP contribution in [0.2, 0.25) is 0 Å². The molecule has 1 aliphatic carbocycles. The number of hydrogen-bond acceptors (Lipinski definition) is 6. The summed E-state index contributed by atoms with van der Waals surface area (Å²) in [5.41, 5.74) is -1.07. The highest BCUT2D eigenvalue weighted by Gasteiger charge is 2.75. The van der Waals surface area contributed by atoms with Gasteiger partial charge in [-0.05, 0) is 39.0 Å². The quantitative estimate of drug-likeness (QED) is 0.296. The number of rotatable bonds is 10. The summed E-state index contributed by atoms with van der Waals surface area (Å²) in [5.74, 6) is -2.42. The lowest BCUT2D eigenvalue weighted by Gasteiger charge is -2.41. The van der Waals surface area contributed by atoms with E-state index in [1.807, 2.05) is 4.90 Å². The summed E-state index contributed by atoms with van der Waals surface area (Å²) < 4.78 is 11.9. The maximum atomic E-state index is 14.2. The van der Waals surface area contributed by atoms with E-state index in [0.717, 1.165) is 32.1 Å². The maximum Gasteiger partial charge on any atom is 0.312 e. The van der Waals surface area contributed by atoms with Crippen molar-refractivity contribution in [2.45, 2.75) is 88.1 Å². The summed E-state index contributed by atoms with van der Waals surface area (Å²) in [6, 6.07) is -1.35. The third kappa shape index (κ3) is 3.98. The monoisotopic (exact) mass is 474 g/mol. The van der Waals surface area contributed by atoms with Crippen LogP contribution in [0.4, 0.5) is 0 Å². The number of esters is 1. The second-order valence-electron chi connectivity index (χ2n) is 10.1. The van der Waals surface area contributed by atoms with E-state index in [-0.39, 0.29) is 31.1 Å². The van der Waals surface area contributed by atoms with Crippen molar-refractivity contribution < 1.29 is 29.0 Å². The van der Waals surface area contributed by atoms with Gasteiger partial charge in [-0.15, -0.1) is 13.2 Å².